The first kappa shape index (κ1) is 15.6. The van der Waals surface area contributed by atoms with Gasteiger partial charge >= 0.3 is 0 Å². The molecular weight excluding hydrogens is 295 g/mol. The lowest BCUT2D eigenvalue weighted by atomic mass is 9.84. The van der Waals surface area contributed by atoms with E-state index in [9.17, 15) is 4.79 Å². The first-order valence-corrected chi connectivity index (χ1v) is 7.18. The van der Waals surface area contributed by atoms with Crippen molar-refractivity contribution in [1.29, 1.82) is 0 Å². The van der Waals surface area contributed by atoms with Crippen molar-refractivity contribution in [3.63, 3.8) is 0 Å². The number of likely N-dealkylation sites (tertiary alicyclic amines) is 1. The fraction of sp³-hybridized carbons (Fsp3) is 0.533. The van der Waals surface area contributed by atoms with E-state index in [-0.39, 0.29) is 24.4 Å². The van der Waals surface area contributed by atoms with E-state index < -0.39 is 0 Å². The number of amides is 1. The van der Waals surface area contributed by atoms with Crippen LogP contribution in [0.25, 0.3) is 0 Å². The Morgan fingerprint density at radius 1 is 1.30 bits per heavy atom. The Hall–Kier alpha value is -0.770. The number of fused-ring (bicyclic) bond motifs is 3. The van der Waals surface area contributed by atoms with Crippen LogP contribution in [0.4, 0.5) is 0 Å². The minimum absolute atomic E-state index is 0. The smallest absolute Gasteiger partial charge is 0.255 e. The van der Waals surface area contributed by atoms with Crippen molar-refractivity contribution in [1.82, 2.24) is 9.80 Å². The first-order chi connectivity index (χ1) is 9.02. The number of carbonyl (C=O) groups excluding carboxylic acids is 1. The molecule has 110 valence electrons. The summed E-state index contributed by atoms with van der Waals surface area (Å²) in [5.41, 5.74) is 3.09. The van der Waals surface area contributed by atoms with Gasteiger partial charge in [0.25, 0.3) is 5.91 Å². The van der Waals surface area contributed by atoms with Crippen molar-refractivity contribution in [2.24, 2.45) is 0 Å². The van der Waals surface area contributed by atoms with Crippen LogP contribution in [0, 0.1) is 0 Å². The summed E-state index contributed by atoms with van der Waals surface area (Å²) in [6.45, 7) is 4.06. The molecule has 0 radical (unpaired) electrons. The summed E-state index contributed by atoms with van der Waals surface area (Å²) in [6.07, 6.45) is 0.949. The molecule has 0 N–H and O–H groups in total. The third kappa shape index (κ3) is 2.22. The van der Waals surface area contributed by atoms with Crippen LogP contribution in [-0.4, -0.2) is 48.9 Å². The summed E-state index contributed by atoms with van der Waals surface area (Å²) in [7, 11) is 4.01. The fourth-order valence-electron chi connectivity index (χ4n) is 3.41. The molecule has 5 heteroatoms. The molecule has 3 rings (SSSR count). The van der Waals surface area contributed by atoms with E-state index in [1.54, 1.807) is 0 Å². The Labute approximate surface area is 131 Å². The molecule has 20 heavy (non-hydrogen) atoms. The maximum absolute atomic E-state index is 12.5. The highest BCUT2D eigenvalue weighted by Gasteiger charge is 2.43. The van der Waals surface area contributed by atoms with Gasteiger partial charge in [0.15, 0.2) is 0 Å². The van der Waals surface area contributed by atoms with E-state index in [2.05, 4.69) is 24.9 Å². The molecule has 1 saturated heterocycles. The molecule has 1 aromatic rings. The molecule has 1 fully saturated rings. The van der Waals surface area contributed by atoms with Crippen molar-refractivity contribution in [2.75, 3.05) is 27.2 Å². The van der Waals surface area contributed by atoms with Crippen LogP contribution in [0.15, 0.2) is 12.1 Å². The van der Waals surface area contributed by atoms with Crippen LogP contribution < -0.4 is 0 Å². The normalized spacial score (nSPS) is 25.2. The predicted octanol–water partition coefficient (Wildman–Crippen LogP) is 2.81. The van der Waals surface area contributed by atoms with Gasteiger partial charge in [-0.1, -0.05) is 24.6 Å². The van der Waals surface area contributed by atoms with Crippen molar-refractivity contribution < 1.29 is 4.79 Å². The SMILES string of the molecule is CCc1cc(Cl)c2c(c1)[C@H]1CN(C)C[C@@H]1N(C)C2=O.Cl. The second-order valence-corrected chi connectivity index (χ2v) is 6.11. The zero-order chi connectivity index (χ0) is 13.7. The minimum Gasteiger partial charge on any atom is -0.337 e. The van der Waals surface area contributed by atoms with Gasteiger partial charge in [0.05, 0.1) is 16.6 Å². The van der Waals surface area contributed by atoms with Crippen LogP contribution in [0.2, 0.25) is 5.02 Å². The number of carbonyl (C=O) groups is 1. The molecular formula is C15H20Cl2N2O. The first-order valence-electron chi connectivity index (χ1n) is 6.81. The summed E-state index contributed by atoms with van der Waals surface area (Å²) in [5.74, 6) is 0.464. The maximum Gasteiger partial charge on any atom is 0.255 e. The number of aryl methyl sites for hydroxylation is 1. The number of halogens is 2. The zero-order valence-corrected chi connectivity index (χ0v) is 13.6. The molecule has 1 amide bonds. The molecule has 2 aliphatic heterocycles. The highest BCUT2D eigenvalue weighted by atomic mass is 35.5. The summed E-state index contributed by atoms with van der Waals surface area (Å²) < 4.78 is 0. The number of hydrogen-bond donors (Lipinski definition) is 0. The monoisotopic (exact) mass is 314 g/mol. The topological polar surface area (TPSA) is 23.6 Å². The Morgan fingerprint density at radius 2 is 2.00 bits per heavy atom. The van der Waals surface area contributed by atoms with Crippen LogP contribution in [0.1, 0.15) is 34.3 Å². The molecule has 0 saturated carbocycles. The quantitative estimate of drug-likeness (QED) is 0.796. The molecule has 2 heterocycles. The average molecular weight is 315 g/mol. The van der Waals surface area contributed by atoms with Gasteiger partial charge in [0.2, 0.25) is 0 Å². The summed E-state index contributed by atoms with van der Waals surface area (Å²) in [6, 6.07) is 4.40. The lowest BCUT2D eigenvalue weighted by molar-refractivity contribution is 0.0701. The number of likely N-dealkylation sites (N-methyl/N-ethyl adjacent to an activating group) is 2. The molecule has 0 unspecified atom stereocenters. The van der Waals surface area contributed by atoms with Gasteiger partial charge in [0.1, 0.15) is 0 Å². The van der Waals surface area contributed by atoms with Crippen molar-refractivity contribution in [2.45, 2.75) is 25.3 Å². The van der Waals surface area contributed by atoms with Crippen molar-refractivity contribution in [3.8, 4) is 0 Å². The Morgan fingerprint density at radius 3 is 2.65 bits per heavy atom. The van der Waals surface area contributed by atoms with Crippen LogP contribution in [0.3, 0.4) is 0 Å². The number of rotatable bonds is 1. The van der Waals surface area contributed by atoms with E-state index in [1.165, 1.54) is 5.56 Å². The summed E-state index contributed by atoms with van der Waals surface area (Å²) in [4.78, 5) is 16.7. The molecule has 1 aromatic carbocycles. The number of nitrogens with zero attached hydrogens (tertiary/aromatic N) is 2. The molecule has 0 aromatic heterocycles. The molecule has 2 aliphatic rings. The van der Waals surface area contributed by atoms with Gasteiger partial charge in [-0.2, -0.15) is 0 Å². The van der Waals surface area contributed by atoms with Gasteiger partial charge in [-0.3, -0.25) is 4.79 Å². The second-order valence-electron chi connectivity index (χ2n) is 5.71. The van der Waals surface area contributed by atoms with E-state index >= 15 is 0 Å². The molecule has 2 atom stereocenters. The minimum atomic E-state index is 0. The Kier molecular flexibility index (Phi) is 4.33. The lowest BCUT2D eigenvalue weighted by Gasteiger charge is -2.36. The third-order valence-electron chi connectivity index (χ3n) is 4.49. The Bertz CT molecular complexity index is 547. The Balaban J connectivity index is 0.00000147. The van der Waals surface area contributed by atoms with Gasteiger partial charge in [-0.15, -0.1) is 12.4 Å². The lowest BCUT2D eigenvalue weighted by Crippen LogP contribution is -2.45. The van der Waals surface area contributed by atoms with E-state index in [0.29, 0.717) is 10.9 Å². The molecule has 0 spiro atoms. The largest absolute Gasteiger partial charge is 0.337 e. The van der Waals surface area contributed by atoms with E-state index in [0.717, 1.165) is 30.6 Å². The van der Waals surface area contributed by atoms with Gasteiger partial charge in [-0.25, -0.2) is 0 Å². The highest BCUT2D eigenvalue weighted by molar-refractivity contribution is 6.34. The third-order valence-corrected chi connectivity index (χ3v) is 4.79. The van der Waals surface area contributed by atoms with Crippen LogP contribution >= 0.6 is 24.0 Å². The standard InChI is InChI=1S/C15H19ClN2O.ClH/c1-4-9-5-10-11-7-17(2)8-13(11)18(3)15(19)14(10)12(16)6-9;/h5-6,11,13H,4,7-8H2,1-3H3;1H/t11-,13+;/m1./s1. The molecule has 3 nitrogen and oxygen atoms in total. The predicted molar refractivity (Wildman–Crippen MR) is 84.2 cm³/mol. The zero-order valence-electron chi connectivity index (χ0n) is 12.0. The van der Waals surface area contributed by atoms with Crippen molar-refractivity contribution in [3.05, 3.63) is 33.8 Å². The fourth-order valence-corrected chi connectivity index (χ4v) is 3.74. The van der Waals surface area contributed by atoms with E-state index in [4.69, 9.17) is 11.6 Å². The second kappa shape index (κ2) is 5.55. The number of benzene rings is 1. The highest BCUT2D eigenvalue weighted by Crippen LogP contribution is 2.40. The summed E-state index contributed by atoms with van der Waals surface area (Å²) in [5, 5.41) is 0.610. The van der Waals surface area contributed by atoms with Crippen LogP contribution in [0.5, 0.6) is 0 Å². The molecule has 0 bridgehead atoms. The van der Waals surface area contributed by atoms with Crippen LogP contribution in [-0.2, 0) is 6.42 Å². The van der Waals surface area contributed by atoms with Gasteiger partial charge < -0.3 is 9.80 Å². The van der Waals surface area contributed by atoms with Gasteiger partial charge in [0, 0.05) is 26.1 Å². The number of hydrogen-bond acceptors (Lipinski definition) is 2. The maximum atomic E-state index is 12.5. The van der Waals surface area contributed by atoms with Gasteiger partial charge in [-0.05, 0) is 30.7 Å². The summed E-state index contributed by atoms with van der Waals surface area (Å²) >= 11 is 6.35. The van der Waals surface area contributed by atoms with Crippen molar-refractivity contribution >= 4 is 29.9 Å². The van der Waals surface area contributed by atoms with E-state index in [1.807, 2.05) is 18.0 Å². The average Bonchev–Trinajstić information content (AvgIpc) is 2.77. The molecule has 0 aliphatic carbocycles.